The maximum Gasteiger partial charge on any atom is 0.170 e. The lowest BCUT2D eigenvalue weighted by Gasteiger charge is -2.35. The summed E-state index contributed by atoms with van der Waals surface area (Å²) in [5.41, 5.74) is 2.47. The van der Waals surface area contributed by atoms with Crippen molar-refractivity contribution in [3.05, 3.63) is 29.8 Å². The molecular weight excluding hydrogens is 302 g/mol. The third-order valence-corrected chi connectivity index (χ3v) is 4.85. The van der Waals surface area contributed by atoms with Gasteiger partial charge in [0.15, 0.2) is 5.11 Å². The average molecular weight is 334 g/mol. The number of hydrogen-bond acceptors (Lipinski definition) is 2. The number of likely N-dealkylation sites (tertiary alicyclic amines) is 1. The first kappa shape index (κ1) is 18.2. The number of nitrogens with zero attached hydrogens (tertiary/aromatic N) is 1. The fraction of sp³-hybridized carbons (Fsp3) is 0.632. The first-order valence-electron chi connectivity index (χ1n) is 8.99. The van der Waals surface area contributed by atoms with Gasteiger partial charge in [-0.15, -0.1) is 0 Å². The Morgan fingerprint density at radius 1 is 1.22 bits per heavy atom. The molecule has 0 aromatic heterocycles. The largest absolute Gasteiger partial charge is 0.360 e. The van der Waals surface area contributed by atoms with Gasteiger partial charge < -0.3 is 15.5 Å². The van der Waals surface area contributed by atoms with Crippen LogP contribution >= 0.6 is 12.2 Å². The Hall–Kier alpha value is -1.13. The zero-order valence-corrected chi connectivity index (χ0v) is 15.6. The van der Waals surface area contributed by atoms with Gasteiger partial charge in [-0.3, -0.25) is 0 Å². The fourth-order valence-corrected chi connectivity index (χ4v) is 3.33. The van der Waals surface area contributed by atoms with E-state index in [0.29, 0.717) is 12.1 Å². The lowest BCUT2D eigenvalue weighted by Crippen LogP contribution is -2.47. The maximum atomic E-state index is 5.46. The van der Waals surface area contributed by atoms with Crippen molar-refractivity contribution in [1.82, 2.24) is 10.2 Å². The predicted molar refractivity (Wildman–Crippen MR) is 104 cm³/mol. The van der Waals surface area contributed by atoms with E-state index in [2.05, 4.69) is 60.6 Å². The molecule has 1 aliphatic rings. The second kappa shape index (κ2) is 9.24. The van der Waals surface area contributed by atoms with Crippen LogP contribution in [0.15, 0.2) is 24.3 Å². The van der Waals surface area contributed by atoms with E-state index < -0.39 is 0 Å². The number of anilines is 1. The van der Waals surface area contributed by atoms with Crippen LogP contribution in [0.1, 0.15) is 52.0 Å². The molecule has 1 saturated heterocycles. The normalized spacial score (nSPS) is 16.5. The van der Waals surface area contributed by atoms with E-state index >= 15 is 0 Å². The molecular formula is C19H31N3S. The lowest BCUT2D eigenvalue weighted by atomic mass is 10.0. The van der Waals surface area contributed by atoms with E-state index in [9.17, 15) is 0 Å². The molecule has 1 aromatic rings. The quantitative estimate of drug-likeness (QED) is 0.764. The summed E-state index contributed by atoms with van der Waals surface area (Å²) in [5, 5.41) is 7.53. The van der Waals surface area contributed by atoms with Crippen molar-refractivity contribution >= 4 is 23.0 Å². The van der Waals surface area contributed by atoms with E-state index in [-0.39, 0.29) is 0 Å². The van der Waals surface area contributed by atoms with Gasteiger partial charge in [0.25, 0.3) is 0 Å². The summed E-state index contributed by atoms with van der Waals surface area (Å²) in [6.07, 6.45) is 5.98. The van der Waals surface area contributed by atoms with Gasteiger partial charge >= 0.3 is 0 Å². The van der Waals surface area contributed by atoms with E-state index in [1.165, 1.54) is 18.4 Å². The van der Waals surface area contributed by atoms with Crippen LogP contribution in [0, 0.1) is 0 Å². The molecule has 3 nitrogen and oxygen atoms in total. The molecule has 1 aliphatic heterocycles. The fourth-order valence-electron chi connectivity index (χ4n) is 3.05. The average Bonchev–Trinajstić information content (AvgIpc) is 2.54. The first-order chi connectivity index (χ1) is 11.1. The molecule has 23 heavy (non-hydrogen) atoms. The Balaban J connectivity index is 1.74. The number of nitrogens with one attached hydrogen (secondary N) is 2. The molecule has 0 radical (unpaired) electrons. The summed E-state index contributed by atoms with van der Waals surface area (Å²) in [4.78, 5) is 2.53. The third kappa shape index (κ3) is 6.11. The van der Waals surface area contributed by atoms with Gasteiger partial charge in [0.2, 0.25) is 0 Å². The van der Waals surface area contributed by atoms with Crippen LogP contribution in [0.25, 0.3) is 0 Å². The topological polar surface area (TPSA) is 27.3 Å². The minimum absolute atomic E-state index is 0.494. The molecule has 0 aliphatic carbocycles. The van der Waals surface area contributed by atoms with Crippen molar-refractivity contribution < 1.29 is 0 Å². The Morgan fingerprint density at radius 3 is 2.43 bits per heavy atom. The highest BCUT2D eigenvalue weighted by molar-refractivity contribution is 7.80. The standard InChI is InChI=1S/C19H31N3S/c1-4-5-6-16-7-9-17(10-8-16)20-19(23)21-18-11-13-22(14-12-18)15(2)3/h7-10,15,18H,4-6,11-14H2,1-3H3,(H2,20,21,23). The summed E-state index contributed by atoms with van der Waals surface area (Å²) in [5.74, 6) is 0. The van der Waals surface area contributed by atoms with Crippen LogP contribution < -0.4 is 10.6 Å². The minimum Gasteiger partial charge on any atom is -0.360 e. The summed E-state index contributed by atoms with van der Waals surface area (Å²) < 4.78 is 0. The molecule has 0 saturated carbocycles. The smallest absolute Gasteiger partial charge is 0.170 e. The van der Waals surface area contributed by atoms with Crippen LogP contribution in [-0.2, 0) is 6.42 Å². The second-order valence-corrected chi connectivity index (χ2v) is 7.21. The Bertz CT molecular complexity index is 476. The molecule has 0 atom stereocenters. The van der Waals surface area contributed by atoms with Gasteiger partial charge in [0.05, 0.1) is 0 Å². The number of piperidine rings is 1. The molecule has 0 amide bonds. The van der Waals surface area contributed by atoms with Gasteiger partial charge in [0, 0.05) is 30.9 Å². The number of thiocarbonyl (C=S) groups is 1. The molecule has 128 valence electrons. The van der Waals surface area contributed by atoms with Gasteiger partial charge in [-0.25, -0.2) is 0 Å². The zero-order valence-electron chi connectivity index (χ0n) is 14.8. The molecule has 0 spiro atoms. The van der Waals surface area contributed by atoms with Crippen LogP contribution in [0.4, 0.5) is 5.69 Å². The lowest BCUT2D eigenvalue weighted by molar-refractivity contribution is 0.168. The molecule has 4 heteroatoms. The van der Waals surface area contributed by atoms with Crippen molar-refractivity contribution in [2.75, 3.05) is 18.4 Å². The number of benzene rings is 1. The summed E-state index contributed by atoms with van der Waals surface area (Å²) in [6, 6.07) is 9.78. The van der Waals surface area contributed by atoms with Crippen molar-refractivity contribution in [3.63, 3.8) is 0 Å². The van der Waals surface area contributed by atoms with Crippen LogP contribution in [-0.4, -0.2) is 35.2 Å². The number of hydrogen-bond donors (Lipinski definition) is 2. The Morgan fingerprint density at radius 2 is 1.87 bits per heavy atom. The van der Waals surface area contributed by atoms with E-state index in [1.54, 1.807) is 0 Å². The summed E-state index contributed by atoms with van der Waals surface area (Å²) in [7, 11) is 0. The Labute approximate surface area is 146 Å². The van der Waals surface area contributed by atoms with Crippen molar-refractivity contribution in [2.24, 2.45) is 0 Å². The Kier molecular flexibility index (Phi) is 7.31. The molecule has 1 heterocycles. The monoisotopic (exact) mass is 333 g/mol. The van der Waals surface area contributed by atoms with E-state index in [4.69, 9.17) is 12.2 Å². The third-order valence-electron chi connectivity index (χ3n) is 4.63. The second-order valence-electron chi connectivity index (χ2n) is 6.80. The van der Waals surface area contributed by atoms with Gasteiger partial charge in [0.1, 0.15) is 0 Å². The minimum atomic E-state index is 0.494. The summed E-state index contributed by atoms with van der Waals surface area (Å²) in [6.45, 7) is 9.08. The van der Waals surface area contributed by atoms with Crippen molar-refractivity contribution in [1.29, 1.82) is 0 Å². The van der Waals surface area contributed by atoms with Gasteiger partial charge in [-0.1, -0.05) is 25.5 Å². The number of aryl methyl sites for hydroxylation is 1. The van der Waals surface area contributed by atoms with Crippen molar-refractivity contribution in [2.45, 2.75) is 65.0 Å². The SMILES string of the molecule is CCCCc1ccc(NC(=S)NC2CCN(C(C)C)CC2)cc1. The zero-order chi connectivity index (χ0) is 16.7. The van der Waals surface area contributed by atoms with E-state index in [1.807, 2.05) is 0 Å². The highest BCUT2D eigenvalue weighted by Gasteiger charge is 2.21. The number of unbranched alkanes of at least 4 members (excludes halogenated alkanes) is 1. The van der Waals surface area contributed by atoms with Crippen LogP contribution in [0.3, 0.4) is 0 Å². The molecule has 2 N–H and O–H groups in total. The van der Waals surface area contributed by atoms with Gasteiger partial charge in [-0.05, 0) is 69.4 Å². The molecule has 0 unspecified atom stereocenters. The molecule has 1 fully saturated rings. The highest BCUT2D eigenvalue weighted by Crippen LogP contribution is 2.14. The van der Waals surface area contributed by atoms with E-state index in [0.717, 1.165) is 43.2 Å². The van der Waals surface area contributed by atoms with Crippen LogP contribution in [0.2, 0.25) is 0 Å². The molecule has 0 bridgehead atoms. The van der Waals surface area contributed by atoms with Crippen LogP contribution in [0.5, 0.6) is 0 Å². The number of rotatable bonds is 6. The van der Waals surface area contributed by atoms with Gasteiger partial charge in [-0.2, -0.15) is 0 Å². The maximum absolute atomic E-state index is 5.46. The summed E-state index contributed by atoms with van der Waals surface area (Å²) >= 11 is 5.46. The highest BCUT2D eigenvalue weighted by atomic mass is 32.1. The van der Waals surface area contributed by atoms with Crippen molar-refractivity contribution in [3.8, 4) is 0 Å². The molecule has 1 aromatic carbocycles. The molecule has 2 rings (SSSR count). The first-order valence-corrected chi connectivity index (χ1v) is 9.39. The predicted octanol–water partition coefficient (Wildman–Crippen LogP) is 4.19.